The van der Waals surface area contributed by atoms with Crippen LogP contribution in [0.3, 0.4) is 0 Å². The van der Waals surface area contributed by atoms with Crippen molar-refractivity contribution in [1.82, 2.24) is 14.9 Å². The minimum atomic E-state index is -0.668. The molecular weight excluding hydrogens is 266 g/mol. The maximum absolute atomic E-state index is 12.1. The van der Waals surface area contributed by atoms with E-state index in [-0.39, 0.29) is 11.4 Å². The molecule has 0 unspecified atom stereocenters. The number of amides is 1. The molecule has 0 fully saturated rings. The van der Waals surface area contributed by atoms with Crippen LogP contribution < -0.4 is 5.32 Å². The predicted octanol–water partition coefficient (Wildman–Crippen LogP) is 1.67. The van der Waals surface area contributed by atoms with Gasteiger partial charge < -0.3 is 9.84 Å². The van der Waals surface area contributed by atoms with E-state index in [2.05, 4.69) is 15.6 Å². The lowest BCUT2D eigenvalue weighted by molar-refractivity contribution is -0.385. The molecular formula is C11H13N5O4. The number of carbonyl (C=O) groups excluding carboxylic acids is 1. The highest BCUT2D eigenvalue weighted by Gasteiger charge is 2.26. The van der Waals surface area contributed by atoms with Gasteiger partial charge in [0.25, 0.3) is 5.91 Å². The fraction of sp³-hybridized carbons (Fsp3) is 0.364. The van der Waals surface area contributed by atoms with Gasteiger partial charge in [0.1, 0.15) is 17.6 Å². The number of nitrogens with one attached hydrogen (secondary N) is 1. The monoisotopic (exact) mass is 279 g/mol. The van der Waals surface area contributed by atoms with E-state index in [0.29, 0.717) is 23.7 Å². The molecule has 0 aliphatic rings. The molecule has 0 saturated carbocycles. The van der Waals surface area contributed by atoms with Crippen LogP contribution in [-0.2, 0) is 6.54 Å². The molecule has 2 rings (SSSR count). The molecule has 0 saturated heterocycles. The van der Waals surface area contributed by atoms with Gasteiger partial charge in [-0.2, -0.15) is 5.10 Å². The molecule has 2 aromatic heterocycles. The van der Waals surface area contributed by atoms with Gasteiger partial charge in [-0.1, -0.05) is 5.16 Å². The Hall–Kier alpha value is -2.71. The quantitative estimate of drug-likeness (QED) is 0.672. The maximum Gasteiger partial charge on any atom is 0.320 e. The van der Waals surface area contributed by atoms with E-state index in [4.69, 9.17) is 4.52 Å². The van der Waals surface area contributed by atoms with Crippen LogP contribution in [0, 0.1) is 24.0 Å². The molecule has 2 aromatic rings. The van der Waals surface area contributed by atoms with Gasteiger partial charge in [0.05, 0.1) is 4.92 Å². The third-order valence-electron chi connectivity index (χ3n) is 2.75. The van der Waals surface area contributed by atoms with Crippen LogP contribution >= 0.6 is 0 Å². The highest BCUT2D eigenvalue weighted by atomic mass is 16.6. The summed E-state index contributed by atoms with van der Waals surface area (Å²) in [6.45, 7) is 5.49. The van der Waals surface area contributed by atoms with Crippen LogP contribution in [-0.4, -0.2) is 25.8 Å². The lowest BCUT2D eigenvalue weighted by Gasteiger charge is -2.01. The van der Waals surface area contributed by atoms with Crippen LogP contribution in [0.25, 0.3) is 0 Å². The van der Waals surface area contributed by atoms with Crippen molar-refractivity contribution in [3.63, 3.8) is 0 Å². The summed E-state index contributed by atoms with van der Waals surface area (Å²) >= 11 is 0. The summed E-state index contributed by atoms with van der Waals surface area (Å²) in [6.07, 6.45) is 1.22. The highest BCUT2D eigenvalue weighted by Crippen LogP contribution is 2.22. The van der Waals surface area contributed by atoms with Gasteiger partial charge in [-0.25, -0.2) is 0 Å². The van der Waals surface area contributed by atoms with Crippen molar-refractivity contribution in [2.45, 2.75) is 27.3 Å². The highest BCUT2D eigenvalue weighted by molar-refractivity contribution is 6.05. The van der Waals surface area contributed by atoms with E-state index < -0.39 is 10.8 Å². The standard InChI is InChI=1S/C11H13N5O4/c1-4-15-5-8(16(18)19)10(13-15)11(17)12-9-6(2)14-20-7(9)3/h5H,4H2,1-3H3,(H,12,17). The average molecular weight is 279 g/mol. The van der Waals surface area contributed by atoms with Crippen molar-refractivity contribution < 1.29 is 14.2 Å². The summed E-state index contributed by atoms with van der Waals surface area (Å²) in [6, 6.07) is 0. The second-order valence-corrected chi connectivity index (χ2v) is 4.13. The Bertz CT molecular complexity index is 653. The third kappa shape index (κ3) is 2.37. The maximum atomic E-state index is 12.1. The van der Waals surface area contributed by atoms with Crippen molar-refractivity contribution in [3.05, 3.63) is 33.5 Å². The van der Waals surface area contributed by atoms with E-state index in [1.807, 2.05) is 0 Å². The van der Waals surface area contributed by atoms with Gasteiger partial charge in [0.15, 0.2) is 5.76 Å². The number of hydrogen-bond donors (Lipinski definition) is 1. The summed E-state index contributed by atoms with van der Waals surface area (Å²) in [7, 11) is 0. The molecule has 1 N–H and O–H groups in total. The van der Waals surface area contributed by atoms with E-state index in [9.17, 15) is 14.9 Å². The van der Waals surface area contributed by atoms with Gasteiger partial charge in [-0.3, -0.25) is 19.6 Å². The predicted molar refractivity (Wildman–Crippen MR) is 68.5 cm³/mol. The number of anilines is 1. The summed E-state index contributed by atoms with van der Waals surface area (Å²) in [5.74, 6) is -0.244. The second-order valence-electron chi connectivity index (χ2n) is 4.13. The number of aromatic nitrogens is 3. The van der Waals surface area contributed by atoms with Crippen molar-refractivity contribution in [3.8, 4) is 0 Å². The van der Waals surface area contributed by atoms with Gasteiger partial charge in [-0.15, -0.1) is 0 Å². The fourth-order valence-corrected chi connectivity index (χ4v) is 1.70. The lowest BCUT2D eigenvalue weighted by atomic mass is 10.3. The van der Waals surface area contributed by atoms with E-state index in [0.717, 1.165) is 0 Å². The average Bonchev–Trinajstić information content (AvgIpc) is 2.97. The molecule has 9 nitrogen and oxygen atoms in total. The third-order valence-corrected chi connectivity index (χ3v) is 2.75. The Labute approximate surface area is 113 Å². The van der Waals surface area contributed by atoms with Crippen molar-refractivity contribution >= 4 is 17.3 Å². The molecule has 0 aliphatic carbocycles. The van der Waals surface area contributed by atoms with Crippen molar-refractivity contribution in [2.24, 2.45) is 0 Å². The summed E-state index contributed by atoms with van der Waals surface area (Å²) in [5.41, 5.74) is 0.316. The van der Waals surface area contributed by atoms with Crippen LogP contribution in [0.2, 0.25) is 0 Å². The van der Waals surface area contributed by atoms with Crippen LogP contribution in [0.1, 0.15) is 28.9 Å². The van der Waals surface area contributed by atoms with Crippen LogP contribution in [0.4, 0.5) is 11.4 Å². The van der Waals surface area contributed by atoms with Gasteiger partial charge >= 0.3 is 5.69 Å². The number of rotatable bonds is 4. The van der Waals surface area contributed by atoms with Gasteiger partial charge in [0.2, 0.25) is 5.69 Å². The van der Waals surface area contributed by atoms with Crippen molar-refractivity contribution in [1.29, 1.82) is 0 Å². The molecule has 0 aromatic carbocycles. The fourth-order valence-electron chi connectivity index (χ4n) is 1.70. The van der Waals surface area contributed by atoms with Crippen molar-refractivity contribution in [2.75, 3.05) is 5.32 Å². The first-order valence-electron chi connectivity index (χ1n) is 5.90. The minimum absolute atomic E-state index is 0.239. The molecule has 9 heteroatoms. The molecule has 0 radical (unpaired) electrons. The molecule has 0 atom stereocenters. The first-order valence-corrected chi connectivity index (χ1v) is 5.90. The Morgan fingerprint density at radius 2 is 2.25 bits per heavy atom. The SMILES string of the molecule is CCn1cc([N+](=O)[O-])c(C(=O)Nc2c(C)noc2C)n1. The number of nitro groups is 1. The Balaban J connectivity index is 2.34. The number of aryl methyl sites for hydroxylation is 3. The van der Waals surface area contributed by atoms with Crippen LogP contribution in [0.5, 0.6) is 0 Å². The van der Waals surface area contributed by atoms with E-state index in [1.54, 1.807) is 20.8 Å². The zero-order valence-electron chi connectivity index (χ0n) is 11.2. The number of hydrogen-bond acceptors (Lipinski definition) is 6. The smallest absolute Gasteiger partial charge is 0.320 e. The van der Waals surface area contributed by atoms with E-state index in [1.165, 1.54) is 10.9 Å². The molecule has 106 valence electrons. The zero-order chi connectivity index (χ0) is 14.9. The molecule has 2 heterocycles. The first-order chi connectivity index (χ1) is 9.43. The Morgan fingerprint density at radius 1 is 1.55 bits per heavy atom. The first kappa shape index (κ1) is 13.7. The summed E-state index contributed by atoms with van der Waals surface area (Å²) < 4.78 is 6.25. The molecule has 0 bridgehead atoms. The van der Waals surface area contributed by atoms with Gasteiger partial charge in [-0.05, 0) is 20.8 Å². The number of nitrogens with zero attached hydrogens (tertiary/aromatic N) is 4. The van der Waals surface area contributed by atoms with Gasteiger partial charge in [0, 0.05) is 6.54 Å². The number of carbonyl (C=O) groups is 1. The molecule has 0 aliphatic heterocycles. The van der Waals surface area contributed by atoms with E-state index >= 15 is 0 Å². The minimum Gasteiger partial charge on any atom is -0.359 e. The summed E-state index contributed by atoms with van der Waals surface area (Å²) in [5, 5.41) is 21.1. The van der Waals surface area contributed by atoms with Crippen LogP contribution in [0.15, 0.2) is 10.7 Å². The Morgan fingerprint density at radius 3 is 2.75 bits per heavy atom. The molecule has 20 heavy (non-hydrogen) atoms. The Kier molecular flexibility index (Phi) is 3.51. The molecule has 1 amide bonds. The molecule has 0 spiro atoms. The largest absolute Gasteiger partial charge is 0.359 e. The normalized spacial score (nSPS) is 10.6. The topological polar surface area (TPSA) is 116 Å². The lowest BCUT2D eigenvalue weighted by Crippen LogP contribution is -2.15. The second kappa shape index (κ2) is 5.11. The summed E-state index contributed by atoms with van der Waals surface area (Å²) in [4.78, 5) is 22.4. The zero-order valence-corrected chi connectivity index (χ0v) is 11.2.